The van der Waals surface area contributed by atoms with Gasteiger partial charge in [-0.05, 0) is 14.1 Å². The van der Waals surface area contributed by atoms with Gasteiger partial charge in [-0.15, -0.1) is 0 Å². The number of amides is 2. The third-order valence-electron chi connectivity index (χ3n) is 4.05. The minimum Gasteiger partial charge on any atom is -0.405 e. The van der Waals surface area contributed by atoms with Gasteiger partial charge in [0.1, 0.15) is 0 Å². The van der Waals surface area contributed by atoms with Crippen LogP contribution in [0, 0.1) is 11.3 Å². The van der Waals surface area contributed by atoms with Crippen molar-refractivity contribution < 1.29 is 14.3 Å². The zero-order valence-corrected chi connectivity index (χ0v) is 13.7. The van der Waals surface area contributed by atoms with Crippen LogP contribution in [0.4, 0.5) is 10.6 Å². The lowest BCUT2D eigenvalue weighted by Crippen LogP contribution is -2.34. The second-order valence-corrected chi connectivity index (χ2v) is 6.51. The number of nitrogens with zero attached hydrogens (tertiary/aromatic N) is 4. The monoisotopic (exact) mass is 309 g/mol. The zero-order valence-electron chi connectivity index (χ0n) is 13.7. The smallest absolute Gasteiger partial charge is 0.405 e. The summed E-state index contributed by atoms with van der Waals surface area (Å²) in [6.07, 6.45) is 0.601. The molecule has 1 atom stereocenters. The first-order valence-corrected chi connectivity index (χ1v) is 7.10. The largest absolute Gasteiger partial charge is 0.410 e. The lowest BCUT2D eigenvalue weighted by atomic mass is 9.81. The number of aryl methyl sites for hydroxylation is 1. The summed E-state index contributed by atoms with van der Waals surface area (Å²) in [7, 11) is 5.65. The van der Waals surface area contributed by atoms with Crippen LogP contribution in [0.5, 0.6) is 5.75 Å². The fourth-order valence-electron chi connectivity index (χ4n) is 2.79. The van der Waals surface area contributed by atoms with Crippen molar-refractivity contribution in [3.05, 3.63) is 6.20 Å². The Morgan fingerprint density at radius 3 is 2.73 bits per heavy atom. The number of hydrogen-bond donors (Lipinski definition) is 1. The number of carbonyl (C=O) groups excluding carboxylic acids is 2. The van der Waals surface area contributed by atoms with E-state index in [1.807, 2.05) is 27.9 Å². The van der Waals surface area contributed by atoms with E-state index in [0.717, 1.165) is 6.54 Å². The van der Waals surface area contributed by atoms with Gasteiger partial charge in [-0.1, -0.05) is 13.8 Å². The van der Waals surface area contributed by atoms with E-state index >= 15 is 0 Å². The Kier molecular flexibility index (Phi) is 4.15. The number of primary amides is 1. The summed E-state index contributed by atoms with van der Waals surface area (Å²) in [5, 5.41) is 4.25. The molecule has 8 nitrogen and oxygen atoms in total. The Balaban J connectivity index is 2.34. The van der Waals surface area contributed by atoms with E-state index in [4.69, 9.17) is 10.5 Å². The Morgan fingerprint density at radius 1 is 1.55 bits per heavy atom. The van der Waals surface area contributed by atoms with Gasteiger partial charge in [-0.3, -0.25) is 14.4 Å². The van der Waals surface area contributed by atoms with Crippen molar-refractivity contribution in [3.8, 4) is 5.75 Å². The number of hydrogen-bond acceptors (Lipinski definition) is 5. The fraction of sp³-hybridized carbons (Fsp3) is 0.643. The predicted octanol–water partition coefficient (Wildman–Crippen LogP) is 0.428. The summed E-state index contributed by atoms with van der Waals surface area (Å²) in [6, 6.07) is 0. The molecule has 22 heavy (non-hydrogen) atoms. The standard InChI is InChI=1S/C14H23N5O3/c1-14(2)9(6-17(3)4)7-19(12(14)20)11-10(22-13(15)21)8-18(5)16-11/h8-9H,6-7H2,1-5H3,(H2,15,21). The van der Waals surface area contributed by atoms with E-state index in [2.05, 4.69) is 10.00 Å². The van der Waals surface area contributed by atoms with E-state index in [-0.39, 0.29) is 17.6 Å². The van der Waals surface area contributed by atoms with Gasteiger partial charge in [-0.2, -0.15) is 5.10 Å². The minimum atomic E-state index is -0.926. The van der Waals surface area contributed by atoms with E-state index in [1.54, 1.807) is 11.9 Å². The second kappa shape index (κ2) is 5.60. The van der Waals surface area contributed by atoms with Gasteiger partial charge in [-0.25, -0.2) is 4.79 Å². The fourth-order valence-corrected chi connectivity index (χ4v) is 2.79. The number of nitrogens with two attached hydrogens (primary N) is 1. The molecule has 0 bridgehead atoms. The van der Waals surface area contributed by atoms with Crippen LogP contribution in [-0.2, 0) is 11.8 Å². The van der Waals surface area contributed by atoms with Crippen LogP contribution in [0.25, 0.3) is 0 Å². The summed E-state index contributed by atoms with van der Waals surface area (Å²) < 4.78 is 6.46. The van der Waals surface area contributed by atoms with Crippen LogP contribution in [0.15, 0.2) is 6.20 Å². The summed E-state index contributed by atoms with van der Waals surface area (Å²) in [6.45, 7) is 5.17. The molecule has 2 heterocycles. The van der Waals surface area contributed by atoms with Gasteiger partial charge < -0.3 is 15.4 Å². The normalized spacial score (nSPS) is 20.7. The molecule has 1 aliphatic heterocycles. The van der Waals surface area contributed by atoms with Crippen LogP contribution < -0.4 is 15.4 Å². The number of anilines is 1. The number of rotatable bonds is 4. The van der Waals surface area contributed by atoms with Crippen LogP contribution in [0.2, 0.25) is 0 Å². The third-order valence-corrected chi connectivity index (χ3v) is 4.05. The molecule has 1 aromatic heterocycles. The van der Waals surface area contributed by atoms with Crippen LogP contribution in [0.3, 0.4) is 0 Å². The highest BCUT2D eigenvalue weighted by Crippen LogP contribution is 2.41. The Labute approximate surface area is 129 Å². The van der Waals surface area contributed by atoms with E-state index in [1.165, 1.54) is 10.9 Å². The van der Waals surface area contributed by atoms with Crippen molar-refractivity contribution >= 4 is 17.8 Å². The first-order valence-electron chi connectivity index (χ1n) is 7.10. The van der Waals surface area contributed by atoms with Crippen LogP contribution in [0.1, 0.15) is 13.8 Å². The Bertz CT molecular complexity index is 593. The SMILES string of the molecule is CN(C)CC1CN(c2nn(C)cc2OC(N)=O)C(=O)C1(C)C. The molecule has 2 rings (SSSR count). The third kappa shape index (κ3) is 2.92. The van der Waals surface area contributed by atoms with Crippen molar-refractivity contribution in [2.45, 2.75) is 13.8 Å². The van der Waals surface area contributed by atoms with Gasteiger partial charge in [0, 0.05) is 31.5 Å². The van der Waals surface area contributed by atoms with Gasteiger partial charge >= 0.3 is 6.09 Å². The van der Waals surface area contributed by atoms with E-state index in [0.29, 0.717) is 12.4 Å². The molecular formula is C14H23N5O3. The van der Waals surface area contributed by atoms with Gasteiger partial charge in [0.2, 0.25) is 11.7 Å². The van der Waals surface area contributed by atoms with E-state index in [9.17, 15) is 9.59 Å². The Hall–Kier alpha value is -2.09. The highest BCUT2D eigenvalue weighted by atomic mass is 16.5. The molecule has 0 saturated carbocycles. The van der Waals surface area contributed by atoms with Gasteiger partial charge in [0.25, 0.3) is 0 Å². The molecule has 2 amide bonds. The molecule has 0 aliphatic carbocycles. The van der Waals surface area contributed by atoms with E-state index < -0.39 is 11.5 Å². The minimum absolute atomic E-state index is 0.0348. The van der Waals surface area contributed by atoms with Crippen LogP contribution >= 0.6 is 0 Å². The first-order chi connectivity index (χ1) is 10.1. The predicted molar refractivity (Wildman–Crippen MR) is 81.6 cm³/mol. The zero-order chi connectivity index (χ0) is 16.7. The lowest BCUT2D eigenvalue weighted by molar-refractivity contribution is -0.125. The molecule has 1 aliphatic rings. The number of ether oxygens (including phenoxy) is 1. The summed E-state index contributed by atoms with van der Waals surface area (Å²) in [4.78, 5) is 27.4. The maximum atomic E-state index is 12.8. The second-order valence-electron chi connectivity index (χ2n) is 6.51. The van der Waals surface area contributed by atoms with Gasteiger partial charge in [0.15, 0.2) is 5.75 Å². The number of aromatic nitrogens is 2. The molecule has 122 valence electrons. The molecule has 0 radical (unpaired) electrons. The molecule has 2 N–H and O–H groups in total. The quantitative estimate of drug-likeness (QED) is 0.870. The van der Waals surface area contributed by atoms with Crippen molar-refractivity contribution in [1.29, 1.82) is 0 Å². The van der Waals surface area contributed by atoms with Crippen molar-refractivity contribution in [2.75, 3.05) is 32.1 Å². The molecule has 0 aromatic carbocycles. The average molecular weight is 309 g/mol. The first kappa shape index (κ1) is 16.3. The molecular weight excluding hydrogens is 286 g/mol. The maximum absolute atomic E-state index is 12.8. The molecule has 1 saturated heterocycles. The van der Waals surface area contributed by atoms with Crippen molar-refractivity contribution in [1.82, 2.24) is 14.7 Å². The lowest BCUT2D eigenvalue weighted by Gasteiger charge is -2.25. The van der Waals surface area contributed by atoms with Gasteiger partial charge in [0.05, 0.1) is 6.20 Å². The molecule has 1 aromatic rings. The maximum Gasteiger partial charge on any atom is 0.410 e. The highest BCUT2D eigenvalue weighted by molar-refractivity contribution is 6.00. The molecule has 0 spiro atoms. The molecule has 8 heteroatoms. The summed E-state index contributed by atoms with van der Waals surface area (Å²) in [5.74, 6) is 0.649. The highest BCUT2D eigenvalue weighted by Gasteiger charge is 2.49. The summed E-state index contributed by atoms with van der Waals surface area (Å²) in [5.41, 5.74) is 4.57. The Morgan fingerprint density at radius 2 is 2.18 bits per heavy atom. The molecule has 1 fully saturated rings. The van der Waals surface area contributed by atoms with Crippen molar-refractivity contribution in [2.24, 2.45) is 24.1 Å². The number of carbonyl (C=O) groups is 2. The summed E-state index contributed by atoms with van der Waals surface area (Å²) >= 11 is 0. The topological polar surface area (TPSA) is 93.7 Å². The molecule has 1 unspecified atom stereocenters. The van der Waals surface area contributed by atoms with Crippen LogP contribution in [-0.4, -0.2) is 53.9 Å². The average Bonchev–Trinajstić information content (AvgIpc) is 2.81. The van der Waals surface area contributed by atoms with Crippen molar-refractivity contribution in [3.63, 3.8) is 0 Å².